The van der Waals surface area contributed by atoms with Crippen molar-refractivity contribution >= 4 is 57.4 Å². The molecular weight excluding hydrogens is 565 g/mol. The number of rotatable bonds is 5. The van der Waals surface area contributed by atoms with E-state index < -0.39 is 5.91 Å². The molecule has 5 nitrogen and oxygen atoms in total. The van der Waals surface area contributed by atoms with Gasteiger partial charge in [0.25, 0.3) is 5.91 Å². The molecule has 162 valence electrons. The molecule has 0 aliphatic rings. The van der Waals surface area contributed by atoms with E-state index in [9.17, 15) is 9.18 Å². The summed E-state index contributed by atoms with van der Waals surface area (Å²) in [4.78, 5) is 12.9. The van der Waals surface area contributed by atoms with Crippen molar-refractivity contribution in [2.45, 2.75) is 6.92 Å². The Morgan fingerprint density at radius 1 is 1.03 bits per heavy atom. The van der Waals surface area contributed by atoms with Gasteiger partial charge in [-0.1, -0.05) is 35.3 Å². The van der Waals surface area contributed by atoms with Gasteiger partial charge in [-0.3, -0.25) is 15.6 Å². The molecule has 4 rings (SSSR count). The van der Waals surface area contributed by atoms with Crippen LogP contribution in [0.25, 0.3) is 16.9 Å². The summed E-state index contributed by atoms with van der Waals surface area (Å²) in [5, 5.41) is 5.48. The van der Waals surface area contributed by atoms with E-state index >= 15 is 0 Å². The zero-order valence-electron chi connectivity index (χ0n) is 16.7. The molecule has 0 aliphatic carbocycles. The van der Waals surface area contributed by atoms with Crippen LogP contribution in [0.15, 0.2) is 66.7 Å². The van der Waals surface area contributed by atoms with E-state index in [1.165, 1.54) is 24.3 Å². The van der Waals surface area contributed by atoms with Crippen molar-refractivity contribution in [1.29, 1.82) is 0 Å². The Kier molecular flexibility index (Phi) is 6.68. The number of aromatic nitrogens is 2. The Morgan fingerprint density at radius 2 is 1.72 bits per heavy atom. The van der Waals surface area contributed by atoms with Crippen molar-refractivity contribution in [3.05, 3.63) is 97.4 Å². The van der Waals surface area contributed by atoms with Crippen LogP contribution in [0.3, 0.4) is 0 Å². The smallest absolute Gasteiger partial charge is 0.290 e. The number of hydrazine groups is 1. The fourth-order valence-electron chi connectivity index (χ4n) is 3.21. The van der Waals surface area contributed by atoms with Crippen molar-refractivity contribution in [2.75, 3.05) is 5.43 Å². The molecule has 0 fully saturated rings. The lowest BCUT2D eigenvalue weighted by atomic mass is 10.1. The molecule has 1 aromatic heterocycles. The zero-order valence-corrected chi connectivity index (χ0v) is 20.3. The Labute approximate surface area is 207 Å². The number of anilines is 1. The molecule has 4 aromatic rings. The number of benzene rings is 3. The maximum absolute atomic E-state index is 13.1. The van der Waals surface area contributed by atoms with E-state index in [2.05, 4.69) is 38.5 Å². The average molecular weight is 581 g/mol. The molecule has 0 bridgehead atoms. The van der Waals surface area contributed by atoms with Crippen molar-refractivity contribution in [1.82, 2.24) is 15.2 Å². The van der Waals surface area contributed by atoms with Crippen LogP contribution < -0.4 is 10.9 Å². The van der Waals surface area contributed by atoms with Gasteiger partial charge in [0.05, 0.1) is 22.1 Å². The van der Waals surface area contributed by atoms with Gasteiger partial charge in [-0.2, -0.15) is 5.10 Å². The van der Waals surface area contributed by atoms with E-state index in [1.54, 1.807) is 22.9 Å². The highest BCUT2D eigenvalue weighted by molar-refractivity contribution is 14.1. The second-order valence-electron chi connectivity index (χ2n) is 6.92. The van der Waals surface area contributed by atoms with Crippen molar-refractivity contribution in [2.24, 2.45) is 0 Å². The van der Waals surface area contributed by atoms with Crippen LogP contribution in [0.1, 0.15) is 16.1 Å². The number of hydrogen-bond acceptors (Lipinski definition) is 3. The molecule has 32 heavy (non-hydrogen) atoms. The number of carbonyl (C=O) groups excluding carboxylic acids is 1. The average Bonchev–Trinajstić information content (AvgIpc) is 3.10. The standard InChI is InChI=1S/C23H16Cl2FIN4O/c1-13-21(23(32)29-28-18-9-5-16(26)6-10-18)30-31(20-11-4-15(24)12-19(20)25)22(13)14-2-7-17(27)8-3-14/h2-12,28H,1H3,(H,29,32). The Balaban J connectivity index is 1.75. The maximum atomic E-state index is 13.1. The predicted octanol–water partition coefficient (Wildman–Crippen LogP) is 6.66. The first-order valence-electron chi connectivity index (χ1n) is 9.46. The Morgan fingerprint density at radius 3 is 2.38 bits per heavy atom. The van der Waals surface area contributed by atoms with Gasteiger partial charge in [0.1, 0.15) is 5.82 Å². The lowest BCUT2D eigenvalue weighted by Gasteiger charge is -2.11. The van der Waals surface area contributed by atoms with Crippen molar-refractivity contribution in [3.63, 3.8) is 0 Å². The molecule has 3 aromatic carbocycles. The van der Waals surface area contributed by atoms with E-state index in [0.29, 0.717) is 27.0 Å². The molecule has 1 amide bonds. The quantitative estimate of drug-likeness (QED) is 0.205. The van der Waals surface area contributed by atoms with Gasteiger partial charge in [-0.05, 0) is 84.1 Å². The van der Waals surface area contributed by atoms with Gasteiger partial charge < -0.3 is 0 Å². The van der Waals surface area contributed by atoms with Crippen molar-refractivity contribution in [3.8, 4) is 16.9 Å². The normalized spacial score (nSPS) is 10.8. The van der Waals surface area contributed by atoms with Gasteiger partial charge >= 0.3 is 0 Å². The second kappa shape index (κ2) is 9.48. The van der Waals surface area contributed by atoms with E-state index in [-0.39, 0.29) is 11.5 Å². The fourth-order valence-corrected chi connectivity index (χ4v) is 4.06. The van der Waals surface area contributed by atoms with Crippen LogP contribution in [0.4, 0.5) is 10.1 Å². The van der Waals surface area contributed by atoms with Crippen LogP contribution in [0.5, 0.6) is 0 Å². The topological polar surface area (TPSA) is 59.0 Å². The second-order valence-corrected chi connectivity index (χ2v) is 9.01. The molecular formula is C23H16Cl2FIN4O. The molecule has 0 spiro atoms. The molecule has 9 heteroatoms. The van der Waals surface area contributed by atoms with Gasteiger partial charge in [0, 0.05) is 19.7 Å². The molecule has 0 unspecified atom stereocenters. The third kappa shape index (κ3) is 4.74. The number of nitrogens with zero attached hydrogens (tertiary/aromatic N) is 2. The number of amides is 1. The summed E-state index contributed by atoms with van der Waals surface area (Å²) in [5.41, 5.74) is 9.03. The molecule has 0 radical (unpaired) electrons. The summed E-state index contributed by atoms with van der Waals surface area (Å²) >= 11 is 14.8. The molecule has 1 heterocycles. The zero-order chi connectivity index (χ0) is 22.8. The number of nitrogens with one attached hydrogen (secondary N) is 2. The highest BCUT2D eigenvalue weighted by Crippen LogP contribution is 2.33. The van der Waals surface area contributed by atoms with Crippen LogP contribution in [0.2, 0.25) is 10.0 Å². The van der Waals surface area contributed by atoms with Gasteiger partial charge in [0.15, 0.2) is 5.69 Å². The predicted molar refractivity (Wildman–Crippen MR) is 134 cm³/mol. The van der Waals surface area contributed by atoms with Crippen LogP contribution in [0, 0.1) is 16.3 Å². The third-order valence-corrected chi connectivity index (χ3v) is 6.01. The number of hydrogen-bond donors (Lipinski definition) is 2. The van der Waals surface area contributed by atoms with E-state index in [0.717, 1.165) is 14.8 Å². The van der Waals surface area contributed by atoms with Crippen LogP contribution in [-0.4, -0.2) is 15.7 Å². The fraction of sp³-hybridized carbons (Fsp3) is 0.0435. The molecule has 2 N–H and O–H groups in total. The van der Waals surface area contributed by atoms with Gasteiger partial charge in [-0.25, -0.2) is 9.07 Å². The first-order chi connectivity index (χ1) is 15.3. The number of carbonyl (C=O) groups is 1. The van der Waals surface area contributed by atoms with E-state index in [4.69, 9.17) is 23.2 Å². The van der Waals surface area contributed by atoms with Gasteiger partial charge in [0.2, 0.25) is 0 Å². The largest absolute Gasteiger partial charge is 0.298 e. The summed E-state index contributed by atoms with van der Waals surface area (Å²) in [6.07, 6.45) is 0. The summed E-state index contributed by atoms with van der Waals surface area (Å²) in [6, 6.07) is 18.6. The van der Waals surface area contributed by atoms with Crippen LogP contribution in [-0.2, 0) is 0 Å². The summed E-state index contributed by atoms with van der Waals surface area (Å²) in [7, 11) is 0. The summed E-state index contributed by atoms with van der Waals surface area (Å²) in [5.74, 6) is -0.805. The molecule has 0 saturated heterocycles. The molecule has 0 aliphatic heterocycles. The van der Waals surface area contributed by atoms with E-state index in [1.807, 2.05) is 31.2 Å². The SMILES string of the molecule is Cc1c(C(=O)NNc2ccc(F)cc2)nn(-c2ccc(Cl)cc2Cl)c1-c1ccc(I)cc1. The summed E-state index contributed by atoms with van der Waals surface area (Å²) < 4.78 is 15.8. The van der Waals surface area contributed by atoms with Gasteiger partial charge in [-0.15, -0.1) is 0 Å². The van der Waals surface area contributed by atoms with Crippen LogP contribution >= 0.6 is 45.8 Å². The minimum Gasteiger partial charge on any atom is -0.298 e. The third-order valence-electron chi connectivity index (χ3n) is 4.76. The number of halogens is 4. The lowest BCUT2D eigenvalue weighted by Crippen LogP contribution is -2.30. The lowest BCUT2D eigenvalue weighted by molar-refractivity contribution is 0.0956. The first kappa shape index (κ1) is 22.6. The molecule has 0 saturated carbocycles. The Hall–Kier alpha value is -2.62. The molecule has 0 atom stereocenters. The highest BCUT2D eigenvalue weighted by atomic mass is 127. The minimum atomic E-state index is -0.442. The van der Waals surface area contributed by atoms with Crippen molar-refractivity contribution < 1.29 is 9.18 Å². The summed E-state index contributed by atoms with van der Waals surface area (Å²) in [6.45, 7) is 1.83. The Bertz CT molecular complexity index is 1290. The monoisotopic (exact) mass is 580 g/mol. The highest BCUT2D eigenvalue weighted by Gasteiger charge is 2.23. The first-order valence-corrected chi connectivity index (χ1v) is 11.3. The maximum Gasteiger partial charge on any atom is 0.290 e. The minimum absolute atomic E-state index is 0.221.